The molecule has 1 saturated carbocycles. The van der Waals surface area contributed by atoms with Crippen LogP contribution in [-0.4, -0.2) is 30.1 Å². The highest BCUT2D eigenvalue weighted by Crippen LogP contribution is 2.34. The first-order chi connectivity index (χ1) is 14.0. The van der Waals surface area contributed by atoms with Gasteiger partial charge in [0.25, 0.3) is 0 Å². The van der Waals surface area contributed by atoms with Crippen LogP contribution in [0.25, 0.3) is 0 Å². The van der Waals surface area contributed by atoms with Crippen LogP contribution in [0.2, 0.25) is 0 Å². The Morgan fingerprint density at radius 1 is 1.07 bits per heavy atom. The minimum atomic E-state index is -1.01. The van der Waals surface area contributed by atoms with E-state index >= 15 is 0 Å². The highest BCUT2D eigenvalue weighted by Gasteiger charge is 2.27. The number of anilines is 2. The van der Waals surface area contributed by atoms with Crippen molar-refractivity contribution in [3.8, 4) is 0 Å². The van der Waals surface area contributed by atoms with Crippen molar-refractivity contribution in [3.63, 3.8) is 0 Å². The van der Waals surface area contributed by atoms with E-state index in [2.05, 4.69) is 41.4 Å². The van der Waals surface area contributed by atoms with E-state index in [9.17, 15) is 14.7 Å². The van der Waals surface area contributed by atoms with Crippen LogP contribution in [0.5, 0.6) is 0 Å². The van der Waals surface area contributed by atoms with Crippen molar-refractivity contribution >= 4 is 23.3 Å². The lowest BCUT2D eigenvalue weighted by Gasteiger charge is -2.21. The second-order valence-corrected chi connectivity index (χ2v) is 8.29. The molecule has 0 aromatic heterocycles. The van der Waals surface area contributed by atoms with E-state index in [-0.39, 0.29) is 17.4 Å². The Kier molecular flexibility index (Phi) is 5.56. The van der Waals surface area contributed by atoms with Crippen molar-refractivity contribution in [2.24, 2.45) is 5.92 Å². The van der Waals surface area contributed by atoms with Gasteiger partial charge in [-0.1, -0.05) is 37.1 Å². The topological polar surface area (TPSA) is 69.6 Å². The van der Waals surface area contributed by atoms with Crippen molar-refractivity contribution < 1.29 is 14.7 Å². The van der Waals surface area contributed by atoms with Gasteiger partial charge in [0.1, 0.15) is 0 Å². The van der Waals surface area contributed by atoms with Crippen LogP contribution in [0.3, 0.4) is 0 Å². The molecule has 2 N–H and O–H groups in total. The zero-order chi connectivity index (χ0) is 20.4. The molecule has 2 aliphatic rings. The van der Waals surface area contributed by atoms with E-state index in [1.807, 2.05) is 6.07 Å². The normalized spacial score (nSPS) is 19.5. The molecule has 2 aromatic rings. The Bertz CT molecular complexity index is 918. The molecule has 1 heterocycles. The third-order valence-corrected chi connectivity index (χ3v) is 6.40. The Balaban J connectivity index is 1.51. The van der Waals surface area contributed by atoms with Crippen molar-refractivity contribution in [1.29, 1.82) is 0 Å². The van der Waals surface area contributed by atoms with Gasteiger partial charge >= 0.3 is 5.97 Å². The van der Waals surface area contributed by atoms with E-state index in [4.69, 9.17) is 0 Å². The predicted molar refractivity (Wildman–Crippen MR) is 115 cm³/mol. The molecule has 4 rings (SSSR count). The maximum Gasteiger partial charge on any atom is 0.337 e. The zero-order valence-corrected chi connectivity index (χ0v) is 16.9. The molecule has 29 heavy (non-hydrogen) atoms. The molecular weight excluding hydrogens is 364 g/mol. The first-order valence-electron chi connectivity index (χ1n) is 10.5. The third kappa shape index (κ3) is 4.14. The third-order valence-electron chi connectivity index (χ3n) is 6.40. The molecule has 1 amide bonds. The van der Waals surface area contributed by atoms with Gasteiger partial charge in [-0.2, -0.15) is 0 Å². The van der Waals surface area contributed by atoms with Crippen LogP contribution in [-0.2, 0) is 4.79 Å². The summed E-state index contributed by atoms with van der Waals surface area (Å²) < 4.78 is 0. The zero-order valence-electron chi connectivity index (χ0n) is 16.9. The Labute approximate surface area is 171 Å². The number of rotatable bonds is 5. The second-order valence-electron chi connectivity index (χ2n) is 8.29. The smallest absolute Gasteiger partial charge is 0.337 e. The molecule has 0 bridgehead atoms. The quantitative estimate of drug-likeness (QED) is 0.766. The average Bonchev–Trinajstić information content (AvgIpc) is 3.41. The van der Waals surface area contributed by atoms with Crippen molar-refractivity contribution in [2.45, 2.75) is 44.9 Å². The van der Waals surface area contributed by atoms with Gasteiger partial charge in [0, 0.05) is 30.6 Å². The first kappa shape index (κ1) is 19.5. The number of aromatic carboxylic acids is 1. The minimum absolute atomic E-state index is 0.00442. The molecular formula is C24H28N2O3. The number of amides is 1. The fourth-order valence-corrected chi connectivity index (χ4v) is 4.73. The van der Waals surface area contributed by atoms with Crippen LogP contribution in [0.4, 0.5) is 11.4 Å². The first-order valence-corrected chi connectivity index (χ1v) is 10.5. The fourth-order valence-electron chi connectivity index (χ4n) is 4.73. The maximum absolute atomic E-state index is 12.4. The van der Waals surface area contributed by atoms with Crippen LogP contribution in [0.15, 0.2) is 42.5 Å². The van der Waals surface area contributed by atoms with Crippen LogP contribution in [0.1, 0.15) is 59.5 Å². The number of aryl methyl sites for hydroxylation is 1. The molecule has 2 fully saturated rings. The van der Waals surface area contributed by atoms with E-state index in [0.29, 0.717) is 11.6 Å². The van der Waals surface area contributed by atoms with Crippen LogP contribution >= 0.6 is 0 Å². The van der Waals surface area contributed by atoms with Crippen molar-refractivity contribution in [1.82, 2.24) is 0 Å². The molecule has 1 aliphatic heterocycles. The van der Waals surface area contributed by atoms with Gasteiger partial charge in [0.15, 0.2) is 0 Å². The van der Waals surface area contributed by atoms with Crippen LogP contribution < -0.4 is 10.2 Å². The number of carbonyl (C=O) groups excluding carboxylic acids is 1. The van der Waals surface area contributed by atoms with Gasteiger partial charge in [0.2, 0.25) is 5.91 Å². The molecule has 1 atom stereocenters. The molecule has 0 radical (unpaired) electrons. The molecule has 1 aliphatic carbocycles. The van der Waals surface area contributed by atoms with Crippen molar-refractivity contribution in [3.05, 3.63) is 59.2 Å². The Morgan fingerprint density at radius 3 is 2.55 bits per heavy atom. The van der Waals surface area contributed by atoms with Gasteiger partial charge < -0.3 is 15.3 Å². The van der Waals surface area contributed by atoms with E-state index in [0.717, 1.165) is 50.9 Å². The minimum Gasteiger partial charge on any atom is -0.478 e. The number of carbonyl (C=O) groups is 2. The molecule has 1 saturated heterocycles. The number of hydrogen-bond donors (Lipinski definition) is 2. The number of nitrogens with one attached hydrogen (secondary N) is 1. The van der Waals surface area contributed by atoms with E-state index < -0.39 is 5.97 Å². The van der Waals surface area contributed by atoms with Gasteiger partial charge in [-0.3, -0.25) is 4.79 Å². The summed E-state index contributed by atoms with van der Waals surface area (Å²) in [6.45, 7) is 3.91. The summed E-state index contributed by atoms with van der Waals surface area (Å²) in [4.78, 5) is 26.5. The fraction of sp³-hybridized carbons (Fsp3) is 0.417. The second kappa shape index (κ2) is 8.27. The summed E-state index contributed by atoms with van der Waals surface area (Å²) in [6.07, 6.45) is 4.97. The SMILES string of the molecule is Cc1ccccc1C1CCN(c2ccc(NC(=O)C3CCCC3)c(C(=O)O)c2)C1. The molecule has 0 spiro atoms. The molecule has 152 valence electrons. The molecule has 2 aromatic carbocycles. The van der Waals surface area contributed by atoms with Crippen LogP contribution in [0, 0.1) is 12.8 Å². The summed E-state index contributed by atoms with van der Waals surface area (Å²) in [7, 11) is 0. The lowest BCUT2D eigenvalue weighted by Crippen LogP contribution is -2.23. The number of carboxylic acid groups (broad SMARTS) is 1. The summed E-state index contributed by atoms with van der Waals surface area (Å²) in [5.74, 6) is -0.613. The molecule has 5 nitrogen and oxygen atoms in total. The maximum atomic E-state index is 12.4. The Hall–Kier alpha value is -2.82. The monoisotopic (exact) mass is 392 g/mol. The average molecular weight is 392 g/mol. The molecule has 1 unspecified atom stereocenters. The predicted octanol–water partition coefficient (Wildman–Crippen LogP) is 4.82. The highest BCUT2D eigenvalue weighted by atomic mass is 16.4. The van der Waals surface area contributed by atoms with E-state index in [1.165, 1.54) is 11.1 Å². The summed E-state index contributed by atoms with van der Waals surface area (Å²) in [5.41, 5.74) is 4.13. The number of carboxylic acids is 1. The van der Waals surface area contributed by atoms with Crippen molar-refractivity contribution in [2.75, 3.05) is 23.3 Å². The summed E-state index contributed by atoms with van der Waals surface area (Å²) >= 11 is 0. The standard InChI is InChI=1S/C24H28N2O3/c1-16-6-2-5-9-20(16)18-12-13-26(15-18)19-10-11-22(21(14-19)24(28)29)25-23(27)17-7-3-4-8-17/h2,5-6,9-11,14,17-18H,3-4,7-8,12-13,15H2,1H3,(H,25,27)(H,28,29). The lowest BCUT2D eigenvalue weighted by molar-refractivity contribution is -0.119. The molecule has 5 heteroatoms. The van der Waals surface area contributed by atoms with Gasteiger partial charge in [0.05, 0.1) is 11.3 Å². The van der Waals surface area contributed by atoms with Gasteiger partial charge in [-0.15, -0.1) is 0 Å². The number of nitrogens with zero attached hydrogens (tertiary/aromatic N) is 1. The lowest BCUT2D eigenvalue weighted by atomic mass is 9.94. The van der Waals surface area contributed by atoms with E-state index in [1.54, 1.807) is 12.1 Å². The van der Waals surface area contributed by atoms with Gasteiger partial charge in [-0.05, 0) is 55.5 Å². The highest BCUT2D eigenvalue weighted by molar-refractivity contribution is 6.02. The summed E-state index contributed by atoms with van der Waals surface area (Å²) in [5, 5.41) is 12.6. The number of hydrogen-bond acceptors (Lipinski definition) is 3. The Morgan fingerprint density at radius 2 is 1.83 bits per heavy atom. The summed E-state index contributed by atoms with van der Waals surface area (Å²) in [6, 6.07) is 13.8. The number of benzene rings is 2. The van der Waals surface area contributed by atoms with Gasteiger partial charge in [-0.25, -0.2) is 4.79 Å². The largest absolute Gasteiger partial charge is 0.478 e.